The molecule has 0 unspecified atom stereocenters. The summed E-state index contributed by atoms with van der Waals surface area (Å²) in [4.78, 5) is 11.5. The van der Waals surface area contributed by atoms with Crippen molar-refractivity contribution in [1.82, 2.24) is 5.32 Å². The molecule has 0 aliphatic carbocycles. The Hall–Kier alpha value is -1.07. The molecule has 0 saturated heterocycles. The van der Waals surface area contributed by atoms with Crippen molar-refractivity contribution in [2.45, 2.75) is 26.9 Å². The number of carbonyl (C=O) groups excluding carboxylic acids is 1. The van der Waals surface area contributed by atoms with Gasteiger partial charge in [-0.15, -0.1) is 0 Å². The lowest BCUT2D eigenvalue weighted by Crippen LogP contribution is -2.30. The summed E-state index contributed by atoms with van der Waals surface area (Å²) < 4.78 is 6.20. The molecule has 4 nitrogen and oxygen atoms in total. The minimum atomic E-state index is -0.130. The first-order chi connectivity index (χ1) is 9.02. The van der Waals surface area contributed by atoms with Gasteiger partial charge in [-0.3, -0.25) is 4.79 Å². The van der Waals surface area contributed by atoms with E-state index in [0.717, 1.165) is 16.5 Å². The number of hydrogen-bond acceptors (Lipinski definition) is 3. The predicted molar refractivity (Wildman–Crippen MR) is 78.0 cm³/mol. The average molecular weight is 330 g/mol. The fourth-order valence-corrected chi connectivity index (χ4v) is 1.83. The Morgan fingerprint density at radius 3 is 2.84 bits per heavy atom. The molecule has 1 rings (SSSR count). The van der Waals surface area contributed by atoms with Crippen molar-refractivity contribution in [3.8, 4) is 5.75 Å². The molecule has 0 atom stereocenters. The van der Waals surface area contributed by atoms with Crippen molar-refractivity contribution >= 4 is 21.8 Å². The number of carbonyl (C=O) groups is 1. The van der Waals surface area contributed by atoms with Gasteiger partial charge in [-0.05, 0) is 36.1 Å². The van der Waals surface area contributed by atoms with Crippen LogP contribution in [0.1, 0.15) is 25.8 Å². The highest BCUT2D eigenvalue weighted by Gasteiger charge is 2.05. The molecule has 1 aromatic carbocycles. The molecule has 0 aliphatic heterocycles. The lowest BCUT2D eigenvalue weighted by Gasteiger charge is -2.10. The minimum absolute atomic E-state index is 0.00933. The largest absolute Gasteiger partial charge is 0.484 e. The molecule has 0 bridgehead atoms. The number of aliphatic hydroxyl groups excluding tert-OH is 1. The van der Waals surface area contributed by atoms with Crippen molar-refractivity contribution in [2.75, 3.05) is 13.2 Å². The van der Waals surface area contributed by atoms with E-state index in [1.54, 1.807) is 18.2 Å². The molecule has 0 aromatic heterocycles. The molecule has 1 aromatic rings. The minimum Gasteiger partial charge on any atom is -0.484 e. The van der Waals surface area contributed by atoms with Crippen LogP contribution in [0.2, 0.25) is 0 Å². The molecule has 2 N–H and O–H groups in total. The van der Waals surface area contributed by atoms with Crippen LogP contribution in [-0.2, 0) is 11.4 Å². The lowest BCUT2D eigenvalue weighted by atomic mass is 10.1. The summed E-state index contributed by atoms with van der Waals surface area (Å²) in [6.07, 6.45) is 0.957. The monoisotopic (exact) mass is 329 g/mol. The Kier molecular flexibility index (Phi) is 6.87. The molecule has 0 spiro atoms. The Labute approximate surface area is 122 Å². The standard InChI is InChI=1S/C14H20BrNO3/c1-10(2)5-6-16-14(18)9-19-12-3-4-13(15)11(7-12)8-17/h3-4,7,10,17H,5-6,8-9H2,1-2H3,(H,16,18). The van der Waals surface area contributed by atoms with E-state index < -0.39 is 0 Å². The van der Waals surface area contributed by atoms with E-state index in [2.05, 4.69) is 35.1 Å². The van der Waals surface area contributed by atoms with Crippen LogP contribution in [0.25, 0.3) is 0 Å². The number of ether oxygens (including phenoxy) is 1. The topological polar surface area (TPSA) is 58.6 Å². The Morgan fingerprint density at radius 2 is 2.21 bits per heavy atom. The van der Waals surface area contributed by atoms with Crippen LogP contribution >= 0.6 is 15.9 Å². The highest BCUT2D eigenvalue weighted by atomic mass is 79.9. The van der Waals surface area contributed by atoms with Crippen LogP contribution in [0.5, 0.6) is 5.75 Å². The summed E-state index contributed by atoms with van der Waals surface area (Å²) in [6, 6.07) is 5.26. The average Bonchev–Trinajstić information content (AvgIpc) is 2.37. The van der Waals surface area contributed by atoms with Crippen LogP contribution in [0.4, 0.5) is 0 Å². The first-order valence-corrected chi connectivity index (χ1v) is 7.11. The van der Waals surface area contributed by atoms with Crippen LogP contribution in [0.3, 0.4) is 0 Å². The fourth-order valence-electron chi connectivity index (χ4n) is 1.46. The molecular weight excluding hydrogens is 310 g/mol. The van der Waals surface area contributed by atoms with Crippen molar-refractivity contribution in [3.05, 3.63) is 28.2 Å². The van der Waals surface area contributed by atoms with Gasteiger partial charge in [-0.1, -0.05) is 29.8 Å². The third-order valence-corrected chi connectivity index (χ3v) is 3.37. The van der Waals surface area contributed by atoms with Gasteiger partial charge in [0.05, 0.1) is 6.61 Å². The zero-order valence-electron chi connectivity index (χ0n) is 11.3. The molecule has 0 saturated carbocycles. The number of hydrogen-bond donors (Lipinski definition) is 2. The van der Waals surface area contributed by atoms with Crippen LogP contribution < -0.4 is 10.1 Å². The third kappa shape index (κ3) is 6.07. The van der Waals surface area contributed by atoms with E-state index >= 15 is 0 Å². The van der Waals surface area contributed by atoms with E-state index in [9.17, 15) is 4.79 Å². The maximum Gasteiger partial charge on any atom is 0.257 e. The van der Waals surface area contributed by atoms with Gasteiger partial charge in [-0.25, -0.2) is 0 Å². The summed E-state index contributed by atoms with van der Waals surface area (Å²) in [6.45, 7) is 4.81. The summed E-state index contributed by atoms with van der Waals surface area (Å²) in [5, 5.41) is 11.9. The normalized spacial score (nSPS) is 10.6. The number of aliphatic hydroxyl groups is 1. The molecule has 0 heterocycles. The van der Waals surface area contributed by atoms with Gasteiger partial charge in [0, 0.05) is 11.0 Å². The van der Waals surface area contributed by atoms with Crippen molar-refractivity contribution in [2.24, 2.45) is 5.92 Å². The predicted octanol–water partition coefficient (Wildman–Crippen LogP) is 2.48. The van der Waals surface area contributed by atoms with Gasteiger partial charge >= 0.3 is 0 Å². The second kappa shape index (κ2) is 8.17. The summed E-state index contributed by atoms with van der Waals surface area (Å²) in [5.41, 5.74) is 0.734. The molecule has 0 aliphatic rings. The van der Waals surface area contributed by atoms with E-state index in [0.29, 0.717) is 18.2 Å². The lowest BCUT2D eigenvalue weighted by molar-refractivity contribution is -0.123. The highest BCUT2D eigenvalue weighted by molar-refractivity contribution is 9.10. The van der Waals surface area contributed by atoms with E-state index in [4.69, 9.17) is 9.84 Å². The van der Waals surface area contributed by atoms with Gasteiger partial charge < -0.3 is 15.2 Å². The number of amides is 1. The number of nitrogens with one attached hydrogen (secondary N) is 1. The summed E-state index contributed by atoms with van der Waals surface area (Å²) >= 11 is 3.32. The fraction of sp³-hybridized carbons (Fsp3) is 0.500. The quantitative estimate of drug-likeness (QED) is 0.808. The zero-order chi connectivity index (χ0) is 14.3. The number of halogens is 1. The molecule has 106 valence electrons. The maximum atomic E-state index is 11.5. The van der Waals surface area contributed by atoms with Crippen molar-refractivity contribution in [3.63, 3.8) is 0 Å². The molecule has 1 amide bonds. The van der Waals surface area contributed by atoms with Gasteiger partial charge in [0.25, 0.3) is 5.91 Å². The second-order valence-electron chi connectivity index (χ2n) is 4.73. The second-order valence-corrected chi connectivity index (χ2v) is 5.59. The van der Waals surface area contributed by atoms with Crippen LogP contribution in [0, 0.1) is 5.92 Å². The highest BCUT2D eigenvalue weighted by Crippen LogP contribution is 2.22. The van der Waals surface area contributed by atoms with Crippen molar-refractivity contribution < 1.29 is 14.6 Å². The third-order valence-electron chi connectivity index (χ3n) is 2.60. The van der Waals surface area contributed by atoms with E-state index in [1.807, 2.05) is 0 Å². The Bertz CT molecular complexity index is 421. The summed E-state index contributed by atoms with van der Waals surface area (Å²) in [5.74, 6) is 1.01. The number of rotatable bonds is 7. The van der Waals surface area contributed by atoms with Gasteiger partial charge in [0.2, 0.25) is 0 Å². The maximum absolute atomic E-state index is 11.5. The first kappa shape index (κ1) is 16.0. The number of benzene rings is 1. The molecule has 0 radical (unpaired) electrons. The molecular formula is C14H20BrNO3. The van der Waals surface area contributed by atoms with E-state index in [1.165, 1.54) is 0 Å². The molecule has 19 heavy (non-hydrogen) atoms. The zero-order valence-corrected chi connectivity index (χ0v) is 12.9. The van der Waals surface area contributed by atoms with Crippen molar-refractivity contribution in [1.29, 1.82) is 0 Å². The van der Waals surface area contributed by atoms with Gasteiger partial charge in [-0.2, -0.15) is 0 Å². The van der Waals surface area contributed by atoms with Crippen LogP contribution in [-0.4, -0.2) is 24.2 Å². The first-order valence-electron chi connectivity index (χ1n) is 6.31. The smallest absolute Gasteiger partial charge is 0.257 e. The Morgan fingerprint density at radius 1 is 1.47 bits per heavy atom. The van der Waals surface area contributed by atoms with Gasteiger partial charge in [0.15, 0.2) is 6.61 Å². The molecule has 5 heteroatoms. The molecule has 0 fully saturated rings. The van der Waals surface area contributed by atoms with Crippen LogP contribution in [0.15, 0.2) is 22.7 Å². The summed E-state index contributed by atoms with van der Waals surface area (Å²) in [7, 11) is 0. The SMILES string of the molecule is CC(C)CCNC(=O)COc1ccc(Br)c(CO)c1. The van der Waals surface area contributed by atoms with E-state index in [-0.39, 0.29) is 19.1 Å². The van der Waals surface area contributed by atoms with Gasteiger partial charge in [0.1, 0.15) is 5.75 Å². The Balaban J connectivity index is 2.37.